The highest BCUT2D eigenvalue weighted by Crippen LogP contribution is 2.26. The first-order chi connectivity index (χ1) is 7.70. The molecule has 2 aromatic rings. The SMILES string of the molecule is COc1cccc(F)c1Cc1cnc(N)s1. The zero-order valence-corrected chi connectivity index (χ0v) is 9.55. The van der Waals surface area contributed by atoms with Gasteiger partial charge in [-0.25, -0.2) is 9.37 Å². The third kappa shape index (κ3) is 2.14. The van der Waals surface area contributed by atoms with Gasteiger partial charge in [-0.1, -0.05) is 6.07 Å². The standard InChI is InChI=1S/C11H11FN2OS/c1-15-10-4-2-3-9(12)8(10)5-7-6-14-11(13)16-7/h2-4,6H,5H2,1H3,(H2,13,14). The second-order valence-electron chi connectivity index (χ2n) is 3.26. The van der Waals surface area contributed by atoms with E-state index in [0.29, 0.717) is 22.9 Å². The van der Waals surface area contributed by atoms with Crippen molar-refractivity contribution in [3.63, 3.8) is 0 Å². The largest absolute Gasteiger partial charge is 0.496 e. The maximum absolute atomic E-state index is 13.6. The Morgan fingerprint density at radius 2 is 2.31 bits per heavy atom. The van der Waals surface area contributed by atoms with E-state index in [4.69, 9.17) is 10.5 Å². The van der Waals surface area contributed by atoms with Crippen LogP contribution in [0.4, 0.5) is 9.52 Å². The quantitative estimate of drug-likeness (QED) is 0.893. The van der Waals surface area contributed by atoms with E-state index < -0.39 is 0 Å². The van der Waals surface area contributed by atoms with E-state index in [-0.39, 0.29) is 5.82 Å². The Balaban J connectivity index is 2.33. The fourth-order valence-corrected chi connectivity index (χ4v) is 2.18. The van der Waals surface area contributed by atoms with Crippen LogP contribution in [0.1, 0.15) is 10.4 Å². The number of halogens is 1. The summed E-state index contributed by atoms with van der Waals surface area (Å²) < 4.78 is 18.7. The number of nitrogen functional groups attached to an aromatic ring is 1. The highest BCUT2D eigenvalue weighted by molar-refractivity contribution is 7.15. The lowest BCUT2D eigenvalue weighted by atomic mass is 10.1. The van der Waals surface area contributed by atoms with Crippen LogP contribution in [0.15, 0.2) is 24.4 Å². The zero-order chi connectivity index (χ0) is 11.5. The van der Waals surface area contributed by atoms with E-state index in [1.807, 2.05) is 0 Å². The van der Waals surface area contributed by atoms with Crippen LogP contribution in [0.5, 0.6) is 5.75 Å². The number of nitrogens with zero attached hydrogens (tertiary/aromatic N) is 1. The van der Waals surface area contributed by atoms with Crippen molar-refractivity contribution in [3.8, 4) is 5.75 Å². The molecule has 1 heterocycles. The van der Waals surface area contributed by atoms with Crippen LogP contribution in [0.3, 0.4) is 0 Å². The molecular weight excluding hydrogens is 227 g/mol. The van der Waals surface area contributed by atoms with Gasteiger partial charge in [-0.05, 0) is 12.1 Å². The van der Waals surface area contributed by atoms with Gasteiger partial charge in [-0.3, -0.25) is 0 Å². The van der Waals surface area contributed by atoms with E-state index in [2.05, 4.69) is 4.98 Å². The number of nitrogens with two attached hydrogens (primary N) is 1. The summed E-state index contributed by atoms with van der Waals surface area (Å²) in [7, 11) is 1.53. The smallest absolute Gasteiger partial charge is 0.180 e. The summed E-state index contributed by atoms with van der Waals surface area (Å²) in [5.74, 6) is 0.276. The molecule has 0 bridgehead atoms. The molecule has 0 atom stereocenters. The third-order valence-corrected chi connectivity index (χ3v) is 3.04. The van der Waals surface area contributed by atoms with Crippen molar-refractivity contribution in [2.45, 2.75) is 6.42 Å². The van der Waals surface area contributed by atoms with Gasteiger partial charge in [0, 0.05) is 23.1 Å². The van der Waals surface area contributed by atoms with Gasteiger partial charge in [0.1, 0.15) is 11.6 Å². The molecular formula is C11H11FN2OS. The predicted molar refractivity (Wildman–Crippen MR) is 62.3 cm³/mol. The minimum atomic E-state index is -0.272. The third-order valence-electron chi connectivity index (χ3n) is 2.22. The molecule has 84 valence electrons. The van der Waals surface area contributed by atoms with Crippen LogP contribution in [-0.4, -0.2) is 12.1 Å². The van der Waals surface area contributed by atoms with Gasteiger partial charge in [0.05, 0.1) is 7.11 Å². The minimum absolute atomic E-state index is 0.272. The van der Waals surface area contributed by atoms with Gasteiger partial charge in [0.25, 0.3) is 0 Å². The van der Waals surface area contributed by atoms with Gasteiger partial charge < -0.3 is 10.5 Å². The fourth-order valence-electron chi connectivity index (χ4n) is 1.48. The molecule has 16 heavy (non-hydrogen) atoms. The van der Waals surface area contributed by atoms with Crippen molar-refractivity contribution < 1.29 is 9.13 Å². The molecule has 0 aliphatic carbocycles. The predicted octanol–water partition coefficient (Wildman–Crippen LogP) is 2.46. The van der Waals surface area contributed by atoms with Crippen molar-refractivity contribution in [3.05, 3.63) is 40.7 Å². The molecule has 3 nitrogen and oxygen atoms in total. The number of anilines is 1. The normalized spacial score (nSPS) is 10.4. The number of methoxy groups -OCH3 is 1. The summed E-state index contributed by atoms with van der Waals surface area (Å²) in [6.07, 6.45) is 2.11. The molecule has 5 heteroatoms. The fraction of sp³-hybridized carbons (Fsp3) is 0.182. The molecule has 0 spiro atoms. The maximum atomic E-state index is 13.6. The first-order valence-corrected chi connectivity index (χ1v) is 5.54. The number of aromatic nitrogens is 1. The second-order valence-corrected chi connectivity index (χ2v) is 4.41. The summed E-state index contributed by atoms with van der Waals surface area (Å²) >= 11 is 1.35. The Hall–Kier alpha value is -1.62. The molecule has 0 fully saturated rings. The molecule has 2 N–H and O–H groups in total. The van der Waals surface area contributed by atoms with Gasteiger partial charge in [-0.15, -0.1) is 11.3 Å². The first kappa shape index (κ1) is 10.9. The number of benzene rings is 1. The van der Waals surface area contributed by atoms with Crippen molar-refractivity contribution in [1.29, 1.82) is 0 Å². The number of ether oxygens (including phenoxy) is 1. The summed E-state index contributed by atoms with van der Waals surface area (Å²) in [6.45, 7) is 0. The highest BCUT2D eigenvalue weighted by atomic mass is 32.1. The summed E-state index contributed by atoms with van der Waals surface area (Å²) in [5, 5.41) is 0.491. The van der Waals surface area contributed by atoms with E-state index in [9.17, 15) is 4.39 Å². The molecule has 0 unspecified atom stereocenters. The number of hydrogen-bond donors (Lipinski definition) is 1. The van der Waals surface area contributed by atoms with Crippen LogP contribution in [0.25, 0.3) is 0 Å². The lowest BCUT2D eigenvalue weighted by Gasteiger charge is -2.07. The molecule has 0 aliphatic rings. The maximum Gasteiger partial charge on any atom is 0.180 e. The molecule has 0 saturated carbocycles. The van der Waals surface area contributed by atoms with E-state index in [1.54, 1.807) is 18.3 Å². The van der Waals surface area contributed by atoms with Crippen molar-refractivity contribution >= 4 is 16.5 Å². The van der Waals surface area contributed by atoms with Crippen LogP contribution in [0.2, 0.25) is 0 Å². The molecule has 0 saturated heterocycles. The number of rotatable bonds is 3. The topological polar surface area (TPSA) is 48.1 Å². The number of hydrogen-bond acceptors (Lipinski definition) is 4. The van der Waals surface area contributed by atoms with Gasteiger partial charge in [0.2, 0.25) is 0 Å². The lowest BCUT2D eigenvalue weighted by Crippen LogP contribution is -1.96. The Morgan fingerprint density at radius 1 is 1.50 bits per heavy atom. The van der Waals surface area contributed by atoms with Crippen LogP contribution in [-0.2, 0) is 6.42 Å². The molecule has 0 amide bonds. The Bertz CT molecular complexity index is 498. The number of thiazole rings is 1. The molecule has 1 aromatic heterocycles. The van der Waals surface area contributed by atoms with E-state index in [0.717, 1.165) is 4.88 Å². The summed E-state index contributed by atoms with van der Waals surface area (Å²) in [4.78, 5) is 4.85. The molecule has 2 rings (SSSR count). The zero-order valence-electron chi connectivity index (χ0n) is 8.74. The van der Waals surface area contributed by atoms with Gasteiger partial charge >= 0.3 is 0 Å². The Morgan fingerprint density at radius 3 is 2.94 bits per heavy atom. The molecule has 0 radical (unpaired) electrons. The second kappa shape index (κ2) is 4.49. The lowest BCUT2D eigenvalue weighted by molar-refractivity contribution is 0.406. The van der Waals surface area contributed by atoms with E-state index >= 15 is 0 Å². The van der Waals surface area contributed by atoms with Crippen molar-refractivity contribution in [2.75, 3.05) is 12.8 Å². The Kier molecular flexibility index (Phi) is 3.05. The van der Waals surface area contributed by atoms with E-state index in [1.165, 1.54) is 24.5 Å². The monoisotopic (exact) mass is 238 g/mol. The highest BCUT2D eigenvalue weighted by Gasteiger charge is 2.11. The van der Waals surface area contributed by atoms with Crippen LogP contribution in [0, 0.1) is 5.82 Å². The molecule has 0 aliphatic heterocycles. The Labute approximate surface area is 96.7 Å². The van der Waals surface area contributed by atoms with Gasteiger partial charge in [0.15, 0.2) is 5.13 Å². The average Bonchev–Trinajstić information content (AvgIpc) is 2.67. The average molecular weight is 238 g/mol. The summed E-state index contributed by atoms with van der Waals surface area (Å²) in [6, 6.07) is 4.78. The first-order valence-electron chi connectivity index (χ1n) is 4.72. The minimum Gasteiger partial charge on any atom is -0.496 e. The summed E-state index contributed by atoms with van der Waals surface area (Å²) in [5.41, 5.74) is 6.06. The van der Waals surface area contributed by atoms with Crippen LogP contribution >= 0.6 is 11.3 Å². The van der Waals surface area contributed by atoms with Crippen molar-refractivity contribution in [2.24, 2.45) is 0 Å². The van der Waals surface area contributed by atoms with Crippen molar-refractivity contribution in [1.82, 2.24) is 4.98 Å². The van der Waals surface area contributed by atoms with Crippen LogP contribution < -0.4 is 10.5 Å². The van der Waals surface area contributed by atoms with Gasteiger partial charge in [-0.2, -0.15) is 0 Å². The molecule has 1 aromatic carbocycles.